The first-order valence-electron chi connectivity index (χ1n) is 5.94. The first kappa shape index (κ1) is 15.5. The number of aliphatic hydroxyl groups is 1. The molecule has 0 aliphatic heterocycles. The number of halogens is 1. The van der Waals surface area contributed by atoms with Gasteiger partial charge in [0.05, 0.1) is 22.2 Å². The number of nitro groups is 1. The Hall–Kier alpha value is -1.87. The minimum absolute atomic E-state index is 0.00865. The number of aliphatic hydroxyl groups excluding tert-OH is 1. The second-order valence-corrected chi connectivity index (χ2v) is 5.28. The molecule has 0 bridgehead atoms. The van der Waals surface area contributed by atoms with E-state index in [0.29, 0.717) is 26.4 Å². The lowest BCUT2D eigenvalue weighted by atomic mass is 10.2. The van der Waals surface area contributed by atoms with Crippen LogP contribution in [0.5, 0.6) is 17.2 Å². The zero-order valence-corrected chi connectivity index (χ0v) is 13.2. The van der Waals surface area contributed by atoms with Crippen molar-refractivity contribution >= 4 is 28.3 Å². The van der Waals surface area contributed by atoms with Crippen LogP contribution < -0.4 is 9.47 Å². The number of benzene rings is 2. The first-order chi connectivity index (χ1) is 10.0. The van der Waals surface area contributed by atoms with Crippen LogP contribution in [0, 0.1) is 13.7 Å². The summed E-state index contributed by atoms with van der Waals surface area (Å²) in [7, 11) is 1.50. The lowest BCUT2D eigenvalue weighted by Gasteiger charge is -2.12. The molecule has 21 heavy (non-hydrogen) atoms. The van der Waals surface area contributed by atoms with Gasteiger partial charge >= 0.3 is 0 Å². The van der Waals surface area contributed by atoms with Crippen molar-refractivity contribution in [1.29, 1.82) is 0 Å². The van der Waals surface area contributed by atoms with E-state index in [0.717, 1.165) is 0 Å². The van der Waals surface area contributed by atoms with Crippen molar-refractivity contribution in [3.63, 3.8) is 0 Å². The van der Waals surface area contributed by atoms with Gasteiger partial charge in [-0.05, 0) is 46.4 Å². The summed E-state index contributed by atoms with van der Waals surface area (Å²) in [6.07, 6.45) is 0. The predicted molar refractivity (Wildman–Crippen MR) is 84.8 cm³/mol. The van der Waals surface area contributed by atoms with E-state index < -0.39 is 4.92 Å². The molecule has 0 spiro atoms. The van der Waals surface area contributed by atoms with Crippen molar-refractivity contribution < 1.29 is 19.5 Å². The zero-order chi connectivity index (χ0) is 15.4. The topological polar surface area (TPSA) is 81.8 Å². The normalized spacial score (nSPS) is 10.2. The highest BCUT2D eigenvalue weighted by Gasteiger charge is 2.13. The van der Waals surface area contributed by atoms with E-state index in [1.165, 1.54) is 19.2 Å². The Bertz CT molecular complexity index is 674. The fourth-order valence-electron chi connectivity index (χ4n) is 1.70. The summed E-state index contributed by atoms with van der Waals surface area (Å²) in [6, 6.07) is 9.43. The molecule has 0 unspecified atom stereocenters. The zero-order valence-electron chi connectivity index (χ0n) is 11.1. The van der Waals surface area contributed by atoms with Gasteiger partial charge in [-0.25, -0.2) is 0 Å². The Morgan fingerprint density at radius 1 is 1.19 bits per heavy atom. The van der Waals surface area contributed by atoms with E-state index in [9.17, 15) is 10.1 Å². The molecule has 0 amide bonds. The SMILES string of the molecule is COc1cc(CO)ccc1Oc1ccc([N+](=O)[O-])cc1I. The van der Waals surface area contributed by atoms with Crippen LogP contribution in [-0.4, -0.2) is 17.1 Å². The molecule has 0 atom stereocenters. The summed E-state index contributed by atoms with van der Waals surface area (Å²) in [4.78, 5) is 10.3. The maximum atomic E-state index is 10.7. The van der Waals surface area contributed by atoms with Crippen molar-refractivity contribution in [2.45, 2.75) is 6.61 Å². The second-order valence-electron chi connectivity index (χ2n) is 4.12. The quantitative estimate of drug-likeness (QED) is 0.471. The van der Waals surface area contributed by atoms with Gasteiger partial charge in [0.25, 0.3) is 5.69 Å². The van der Waals surface area contributed by atoms with Gasteiger partial charge < -0.3 is 14.6 Å². The molecular weight excluding hydrogens is 389 g/mol. The minimum Gasteiger partial charge on any atom is -0.493 e. The Kier molecular flexibility index (Phi) is 4.97. The Morgan fingerprint density at radius 2 is 1.90 bits per heavy atom. The highest BCUT2D eigenvalue weighted by molar-refractivity contribution is 14.1. The molecule has 0 aliphatic carbocycles. The lowest BCUT2D eigenvalue weighted by Crippen LogP contribution is -1.95. The highest BCUT2D eigenvalue weighted by Crippen LogP contribution is 2.35. The van der Waals surface area contributed by atoms with Crippen molar-refractivity contribution in [1.82, 2.24) is 0 Å². The van der Waals surface area contributed by atoms with Crippen LogP contribution in [0.4, 0.5) is 5.69 Å². The van der Waals surface area contributed by atoms with Gasteiger partial charge in [-0.1, -0.05) is 6.07 Å². The van der Waals surface area contributed by atoms with Crippen LogP contribution in [0.2, 0.25) is 0 Å². The summed E-state index contributed by atoms with van der Waals surface area (Å²) in [5, 5.41) is 19.8. The van der Waals surface area contributed by atoms with Gasteiger partial charge in [0.15, 0.2) is 11.5 Å². The van der Waals surface area contributed by atoms with Crippen LogP contribution in [0.15, 0.2) is 36.4 Å². The highest BCUT2D eigenvalue weighted by atomic mass is 127. The Balaban J connectivity index is 2.32. The van der Waals surface area contributed by atoms with Crippen molar-refractivity contribution in [3.05, 3.63) is 55.6 Å². The van der Waals surface area contributed by atoms with Crippen LogP contribution in [-0.2, 0) is 6.61 Å². The number of non-ortho nitro benzene ring substituents is 1. The van der Waals surface area contributed by atoms with Gasteiger partial charge in [-0.3, -0.25) is 10.1 Å². The molecule has 0 aromatic heterocycles. The van der Waals surface area contributed by atoms with Gasteiger partial charge in [0.1, 0.15) is 5.75 Å². The molecule has 2 aromatic rings. The van der Waals surface area contributed by atoms with E-state index in [1.807, 2.05) is 22.6 Å². The maximum absolute atomic E-state index is 10.7. The molecular formula is C14H12INO5. The van der Waals surface area contributed by atoms with E-state index in [2.05, 4.69) is 0 Å². The average molecular weight is 401 g/mol. The number of nitro benzene ring substituents is 1. The number of methoxy groups -OCH3 is 1. The smallest absolute Gasteiger partial charge is 0.270 e. The maximum Gasteiger partial charge on any atom is 0.270 e. The van der Waals surface area contributed by atoms with E-state index >= 15 is 0 Å². The molecule has 6 nitrogen and oxygen atoms in total. The molecule has 0 saturated heterocycles. The molecule has 1 N–H and O–H groups in total. The van der Waals surface area contributed by atoms with E-state index in [-0.39, 0.29) is 12.3 Å². The number of hydrogen-bond donors (Lipinski definition) is 1. The molecule has 2 aromatic carbocycles. The predicted octanol–water partition coefficient (Wildman–Crippen LogP) is 3.49. The van der Waals surface area contributed by atoms with Gasteiger partial charge in [0.2, 0.25) is 0 Å². The molecule has 0 fully saturated rings. The third kappa shape index (κ3) is 3.61. The van der Waals surface area contributed by atoms with Crippen LogP contribution >= 0.6 is 22.6 Å². The number of rotatable bonds is 5. The largest absolute Gasteiger partial charge is 0.493 e. The van der Waals surface area contributed by atoms with Crippen LogP contribution in [0.25, 0.3) is 0 Å². The lowest BCUT2D eigenvalue weighted by molar-refractivity contribution is -0.385. The van der Waals surface area contributed by atoms with Crippen molar-refractivity contribution in [3.8, 4) is 17.2 Å². The van der Waals surface area contributed by atoms with Gasteiger partial charge in [-0.2, -0.15) is 0 Å². The molecule has 0 saturated carbocycles. The van der Waals surface area contributed by atoms with Crippen LogP contribution in [0.3, 0.4) is 0 Å². The third-order valence-electron chi connectivity index (χ3n) is 2.76. The summed E-state index contributed by atoms with van der Waals surface area (Å²) >= 11 is 1.97. The summed E-state index contributed by atoms with van der Waals surface area (Å²) in [5.74, 6) is 1.45. The fraction of sp³-hybridized carbons (Fsp3) is 0.143. The van der Waals surface area contributed by atoms with Gasteiger partial charge in [0, 0.05) is 12.1 Å². The summed E-state index contributed by atoms with van der Waals surface area (Å²) in [6.45, 7) is -0.0916. The molecule has 7 heteroatoms. The average Bonchev–Trinajstić information content (AvgIpc) is 2.49. The molecule has 110 valence electrons. The van der Waals surface area contributed by atoms with Crippen molar-refractivity contribution in [2.75, 3.05) is 7.11 Å². The number of ether oxygens (including phenoxy) is 2. The van der Waals surface area contributed by atoms with Crippen molar-refractivity contribution in [2.24, 2.45) is 0 Å². The molecule has 0 aliphatic rings. The third-order valence-corrected chi connectivity index (χ3v) is 3.60. The first-order valence-corrected chi connectivity index (χ1v) is 7.02. The molecule has 0 heterocycles. The summed E-state index contributed by atoms with van der Waals surface area (Å²) in [5.41, 5.74) is 0.715. The Morgan fingerprint density at radius 3 is 2.48 bits per heavy atom. The number of nitrogens with zero attached hydrogens (tertiary/aromatic N) is 1. The van der Waals surface area contributed by atoms with E-state index in [1.54, 1.807) is 24.3 Å². The van der Waals surface area contributed by atoms with Crippen LogP contribution in [0.1, 0.15) is 5.56 Å². The fourth-order valence-corrected chi connectivity index (χ4v) is 2.31. The van der Waals surface area contributed by atoms with E-state index in [4.69, 9.17) is 14.6 Å². The monoisotopic (exact) mass is 401 g/mol. The number of hydrogen-bond acceptors (Lipinski definition) is 5. The van der Waals surface area contributed by atoms with Gasteiger partial charge in [-0.15, -0.1) is 0 Å². The molecule has 2 rings (SSSR count). The summed E-state index contributed by atoms with van der Waals surface area (Å²) < 4.78 is 11.6. The molecule has 0 radical (unpaired) electrons. The standard InChI is InChI=1S/C14H12INO5/c1-20-14-6-9(8-17)2-4-13(14)21-12-5-3-10(16(18)19)7-11(12)15/h2-7,17H,8H2,1H3. The Labute approximate surface area is 134 Å². The second kappa shape index (κ2) is 6.72. The minimum atomic E-state index is -0.456.